The number of benzene rings is 1. The second kappa shape index (κ2) is 10.9. The molecule has 1 N–H and O–H groups in total. The maximum Gasteiger partial charge on any atom is 0.321 e. The van der Waals surface area contributed by atoms with Crippen molar-refractivity contribution < 1.29 is 9.90 Å². The summed E-state index contributed by atoms with van der Waals surface area (Å²) in [6.07, 6.45) is 11.7. The zero-order chi connectivity index (χ0) is 25.2. The average Bonchev–Trinajstić information content (AvgIpc) is 3.55. The fourth-order valence-electron chi connectivity index (χ4n) is 7.35. The third-order valence-electron chi connectivity index (χ3n) is 9.21. The number of rotatable bonds is 7. The van der Waals surface area contributed by atoms with Crippen LogP contribution in [0.2, 0.25) is 0 Å². The molecular weight excluding hydrogens is 462 g/mol. The van der Waals surface area contributed by atoms with E-state index >= 15 is 0 Å². The molecule has 3 aliphatic rings. The van der Waals surface area contributed by atoms with Gasteiger partial charge in [0.2, 0.25) is 0 Å². The third-order valence-corrected chi connectivity index (χ3v) is 9.21. The van der Waals surface area contributed by atoms with Crippen LogP contribution < -0.4 is 0 Å². The van der Waals surface area contributed by atoms with E-state index in [9.17, 15) is 9.90 Å². The molecule has 3 fully saturated rings. The van der Waals surface area contributed by atoms with Crippen LogP contribution in [0.1, 0.15) is 62.5 Å². The Hall–Kier alpha value is -2.77. The molecule has 1 aromatic carbocycles. The Balaban J connectivity index is 1.15. The van der Waals surface area contributed by atoms with Gasteiger partial charge in [0.15, 0.2) is 5.65 Å². The number of aromatic nitrogens is 3. The molecule has 3 atom stereocenters. The number of imidazole rings is 1. The third kappa shape index (κ3) is 5.16. The normalized spacial score (nSPS) is 25.5. The lowest BCUT2D eigenvalue weighted by atomic mass is 9.83. The Kier molecular flexibility index (Phi) is 7.25. The van der Waals surface area contributed by atoms with Crippen LogP contribution in [-0.4, -0.2) is 74.2 Å². The predicted molar refractivity (Wildman–Crippen MR) is 144 cm³/mol. The smallest absolute Gasteiger partial charge is 0.321 e. The molecule has 1 aliphatic carbocycles. The molecule has 0 spiro atoms. The van der Waals surface area contributed by atoms with Gasteiger partial charge in [-0.15, -0.1) is 0 Å². The summed E-state index contributed by atoms with van der Waals surface area (Å²) in [4.78, 5) is 26.6. The van der Waals surface area contributed by atoms with Crippen LogP contribution in [-0.2, 0) is 4.79 Å². The first-order valence-corrected chi connectivity index (χ1v) is 14.2. The highest BCUT2D eigenvalue weighted by Gasteiger charge is 2.43. The summed E-state index contributed by atoms with van der Waals surface area (Å²) in [5, 5.41) is 10.3. The average molecular weight is 502 g/mol. The fourth-order valence-corrected chi connectivity index (χ4v) is 7.35. The molecule has 3 aromatic rings. The van der Waals surface area contributed by atoms with Gasteiger partial charge in [-0.2, -0.15) is 0 Å². The minimum atomic E-state index is -0.624. The van der Waals surface area contributed by atoms with Crippen LogP contribution in [0.5, 0.6) is 0 Å². The SMILES string of the molecule is O=C(O)C(C1CCCCC1)N1CC(CN2CCC(n3cnc4cccnc43)CC2)C(c2ccccc2)C1. The molecule has 6 rings (SSSR count). The summed E-state index contributed by atoms with van der Waals surface area (Å²) in [5.74, 6) is 0.489. The van der Waals surface area contributed by atoms with Gasteiger partial charge in [0.1, 0.15) is 11.6 Å². The molecule has 1 saturated carbocycles. The lowest BCUT2D eigenvalue weighted by Gasteiger charge is -2.35. The zero-order valence-electron chi connectivity index (χ0n) is 21.7. The second-order valence-electron chi connectivity index (χ2n) is 11.4. The van der Waals surface area contributed by atoms with E-state index in [2.05, 4.69) is 54.7 Å². The molecule has 0 amide bonds. The Morgan fingerprint density at radius 2 is 1.73 bits per heavy atom. The highest BCUT2D eigenvalue weighted by atomic mass is 16.4. The number of fused-ring (bicyclic) bond motifs is 1. The van der Waals surface area contributed by atoms with E-state index < -0.39 is 5.97 Å². The fraction of sp³-hybridized carbons (Fsp3) is 0.567. The highest BCUT2D eigenvalue weighted by molar-refractivity contribution is 5.74. The Bertz CT molecular complexity index is 1180. The molecule has 0 bridgehead atoms. The van der Waals surface area contributed by atoms with Crippen LogP contribution in [0.3, 0.4) is 0 Å². The minimum absolute atomic E-state index is 0.288. The van der Waals surface area contributed by atoms with E-state index in [1.54, 1.807) is 0 Å². The number of hydrogen-bond acceptors (Lipinski definition) is 5. The monoisotopic (exact) mass is 501 g/mol. The maximum absolute atomic E-state index is 12.5. The van der Waals surface area contributed by atoms with Crippen molar-refractivity contribution in [2.24, 2.45) is 11.8 Å². The van der Waals surface area contributed by atoms with Gasteiger partial charge >= 0.3 is 5.97 Å². The van der Waals surface area contributed by atoms with Crippen molar-refractivity contribution in [2.75, 3.05) is 32.7 Å². The van der Waals surface area contributed by atoms with Crippen molar-refractivity contribution >= 4 is 17.1 Å². The lowest BCUT2D eigenvalue weighted by molar-refractivity contribution is -0.145. The molecule has 2 aromatic heterocycles. The van der Waals surface area contributed by atoms with E-state index in [-0.39, 0.29) is 12.0 Å². The van der Waals surface area contributed by atoms with E-state index in [0.717, 1.165) is 69.6 Å². The number of hydrogen-bond donors (Lipinski definition) is 1. The summed E-state index contributed by atoms with van der Waals surface area (Å²) >= 11 is 0. The van der Waals surface area contributed by atoms with E-state index in [0.29, 0.717) is 17.9 Å². The number of piperidine rings is 1. The van der Waals surface area contributed by atoms with Gasteiger partial charge in [0, 0.05) is 50.9 Å². The van der Waals surface area contributed by atoms with Crippen molar-refractivity contribution in [1.82, 2.24) is 24.3 Å². The number of carboxylic acids is 1. The van der Waals surface area contributed by atoms with Crippen LogP contribution in [0.15, 0.2) is 55.0 Å². The molecule has 37 heavy (non-hydrogen) atoms. The van der Waals surface area contributed by atoms with Gasteiger partial charge in [-0.3, -0.25) is 9.69 Å². The topological polar surface area (TPSA) is 74.5 Å². The molecule has 2 aliphatic heterocycles. The first-order valence-electron chi connectivity index (χ1n) is 14.2. The number of likely N-dealkylation sites (tertiary alicyclic amines) is 2. The zero-order valence-corrected chi connectivity index (χ0v) is 21.7. The summed E-state index contributed by atoms with van der Waals surface area (Å²) in [6, 6.07) is 14.9. The van der Waals surface area contributed by atoms with Gasteiger partial charge in [0.05, 0.1) is 6.33 Å². The number of pyridine rings is 1. The van der Waals surface area contributed by atoms with Crippen LogP contribution >= 0.6 is 0 Å². The van der Waals surface area contributed by atoms with E-state index in [1.165, 1.54) is 24.8 Å². The quantitative estimate of drug-likeness (QED) is 0.501. The summed E-state index contributed by atoms with van der Waals surface area (Å²) in [6.45, 7) is 4.87. The first kappa shape index (κ1) is 24.6. The molecule has 3 unspecified atom stereocenters. The van der Waals surface area contributed by atoms with Crippen molar-refractivity contribution in [3.05, 3.63) is 60.6 Å². The van der Waals surface area contributed by atoms with Crippen molar-refractivity contribution in [2.45, 2.75) is 62.9 Å². The lowest BCUT2D eigenvalue weighted by Crippen LogP contribution is -2.46. The highest BCUT2D eigenvalue weighted by Crippen LogP contribution is 2.39. The Morgan fingerprint density at radius 1 is 0.946 bits per heavy atom. The van der Waals surface area contributed by atoms with Gasteiger partial charge in [0.25, 0.3) is 0 Å². The van der Waals surface area contributed by atoms with Gasteiger partial charge in [-0.25, -0.2) is 9.97 Å². The molecule has 4 heterocycles. The van der Waals surface area contributed by atoms with Crippen molar-refractivity contribution in [1.29, 1.82) is 0 Å². The Labute approximate surface area is 219 Å². The van der Waals surface area contributed by atoms with Gasteiger partial charge in [-0.05, 0) is 55.2 Å². The summed E-state index contributed by atoms with van der Waals surface area (Å²) in [5.41, 5.74) is 3.31. The maximum atomic E-state index is 12.5. The number of carboxylic acid groups (broad SMARTS) is 1. The second-order valence-corrected chi connectivity index (χ2v) is 11.4. The van der Waals surface area contributed by atoms with Crippen LogP contribution in [0.4, 0.5) is 0 Å². The van der Waals surface area contributed by atoms with Crippen molar-refractivity contribution in [3.8, 4) is 0 Å². The Morgan fingerprint density at radius 3 is 2.49 bits per heavy atom. The largest absolute Gasteiger partial charge is 0.480 e. The van der Waals surface area contributed by atoms with E-state index in [4.69, 9.17) is 0 Å². The molecular formula is C30H39N5O2. The molecule has 196 valence electrons. The minimum Gasteiger partial charge on any atom is -0.480 e. The number of aliphatic carboxylic acids is 1. The molecule has 7 nitrogen and oxygen atoms in total. The van der Waals surface area contributed by atoms with Crippen LogP contribution in [0.25, 0.3) is 11.2 Å². The van der Waals surface area contributed by atoms with E-state index in [1.807, 2.05) is 24.7 Å². The predicted octanol–water partition coefficient (Wildman–Crippen LogP) is 4.82. The van der Waals surface area contributed by atoms with Crippen molar-refractivity contribution in [3.63, 3.8) is 0 Å². The summed E-state index contributed by atoms with van der Waals surface area (Å²) in [7, 11) is 0. The number of carbonyl (C=O) groups is 1. The summed E-state index contributed by atoms with van der Waals surface area (Å²) < 4.78 is 2.26. The molecule has 2 saturated heterocycles. The van der Waals surface area contributed by atoms with Gasteiger partial charge in [-0.1, -0.05) is 49.6 Å². The standard InChI is InChI=1S/C30H39N5O2/c36-30(37)28(23-10-5-2-6-11-23)34-19-24(26(20-34)22-8-3-1-4-9-22)18-33-16-13-25(14-17-33)35-21-32-27-12-7-15-31-29(27)35/h1,3-4,7-9,12,15,21,23-26,28H,2,5-6,10-11,13-14,16-20H2,(H,36,37). The van der Waals surface area contributed by atoms with Gasteiger partial charge < -0.3 is 14.6 Å². The number of nitrogens with zero attached hydrogens (tertiary/aromatic N) is 5. The van der Waals surface area contributed by atoms with Crippen LogP contribution in [0, 0.1) is 11.8 Å². The molecule has 7 heteroatoms. The first-order chi connectivity index (χ1) is 18.2. The molecule has 0 radical (unpaired) electrons.